The predicted molar refractivity (Wildman–Crippen MR) is 125 cm³/mol. The Labute approximate surface area is 197 Å². The normalized spacial score (nSPS) is 27.5. The number of likely N-dealkylation sites (tertiary alicyclic amines) is 1. The van der Waals surface area contributed by atoms with Crippen LogP contribution in [0.4, 0.5) is 0 Å². The minimum Gasteiger partial charge on any atom is -0.459 e. The molecule has 0 aromatic carbocycles. The first-order valence-electron chi connectivity index (χ1n) is 11.5. The van der Waals surface area contributed by atoms with Gasteiger partial charge in [-0.3, -0.25) is 14.5 Å². The minimum atomic E-state index is -0.294. The Morgan fingerprint density at radius 2 is 2.09 bits per heavy atom. The van der Waals surface area contributed by atoms with Crippen LogP contribution in [0.2, 0.25) is 0 Å². The molecule has 174 valence electrons. The zero-order valence-corrected chi connectivity index (χ0v) is 19.8. The van der Waals surface area contributed by atoms with Gasteiger partial charge in [0.1, 0.15) is 18.1 Å². The molecule has 33 heavy (non-hydrogen) atoms. The number of rotatable bonds is 7. The molecule has 0 spiro atoms. The maximum atomic E-state index is 13.3. The van der Waals surface area contributed by atoms with Gasteiger partial charge in [-0.2, -0.15) is 0 Å². The van der Waals surface area contributed by atoms with E-state index in [0.717, 1.165) is 23.5 Å². The first-order chi connectivity index (χ1) is 16.0. The topological polar surface area (TPSA) is 80.0 Å². The SMILES string of the molecule is CC1=C2[C@@H](CC/C(C)=C/c3ccc(CO)o3)OC[C@@H]2[C@@H]2C(=O)N(Cc3cccs3)C(=O)[C@@H]2C1. The van der Waals surface area contributed by atoms with Crippen LogP contribution < -0.4 is 0 Å². The summed E-state index contributed by atoms with van der Waals surface area (Å²) < 4.78 is 11.8. The maximum absolute atomic E-state index is 13.3. The monoisotopic (exact) mass is 467 g/mol. The van der Waals surface area contributed by atoms with E-state index in [1.54, 1.807) is 17.4 Å². The molecule has 0 saturated carbocycles. The molecular weight excluding hydrogens is 438 g/mol. The van der Waals surface area contributed by atoms with Gasteiger partial charge in [-0.1, -0.05) is 17.2 Å². The first kappa shape index (κ1) is 22.3. The third kappa shape index (κ3) is 4.14. The van der Waals surface area contributed by atoms with E-state index in [2.05, 4.69) is 13.8 Å². The van der Waals surface area contributed by atoms with Gasteiger partial charge in [0, 0.05) is 10.8 Å². The lowest BCUT2D eigenvalue weighted by molar-refractivity contribution is -0.140. The van der Waals surface area contributed by atoms with Crippen LogP contribution in [-0.2, 0) is 27.5 Å². The van der Waals surface area contributed by atoms with Gasteiger partial charge in [-0.15, -0.1) is 11.3 Å². The zero-order valence-electron chi connectivity index (χ0n) is 19.0. The van der Waals surface area contributed by atoms with E-state index in [1.807, 2.05) is 29.7 Å². The van der Waals surface area contributed by atoms with E-state index in [9.17, 15) is 9.59 Å². The summed E-state index contributed by atoms with van der Waals surface area (Å²) in [6.07, 6.45) is 4.29. The van der Waals surface area contributed by atoms with Crippen molar-refractivity contribution in [3.8, 4) is 0 Å². The number of fused-ring (bicyclic) bond motifs is 3. The molecule has 2 fully saturated rings. The van der Waals surface area contributed by atoms with Crippen molar-refractivity contribution in [2.75, 3.05) is 6.61 Å². The molecule has 0 bridgehead atoms. The van der Waals surface area contributed by atoms with Crippen molar-refractivity contribution in [3.05, 3.63) is 62.8 Å². The molecular formula is C26H29NO5S. The fourth-order valence-electron chi connectivity index (χ4n) is 5.64. The first-order valence-corrected chi connectivity index (χ1v) is 12.4. The van der Waals surface area contributed by atoms with Crippen molar-refractivity contribution >= 4 is 29.2 Å². The predicted octanol–water partition coefficient (Wildman–Crippen LogP) is 4.55. The third-order valence-electron chi connectivity index (χ3n) is 7.17. The Morgan fingerprint density at radius 1 is 1.24 bits per heavy atom. The Bertz CT molecular complexity index is 1110. The summed E-state index contributed by atoms with van der Waals surface area (Å²) >= 11 is 1.57. The molecule has 0 unspecified atom stereocenters. The van der Waals surface area contributed by atoms with Crippen molar-refractivity contribution in [3.63, 3.8) is 0 Å². The average molecular weight is 468 g/mol. The lowest BCUT2D eigenvalue weighted by Crippen LogP contribution is -2.34. The number of nitrogens with zero attached hydrogens (tertiary/aromatic N) is 1. The van der Waals surface area contributed by atoms with Crippen molar-refractivity contribution in [1.82, 2.24) is 4.90 Å². The summed E-state index contributed by atoms with van der Waals surface area (Å²) in [7, 11) is 0. The van der Waals surface area contributed by atoms with Gasteiger partial charge in [-0.25, -0.2) is 0 Å². The van der Waals surface area contributed by atoms with Gasteiger partial charge in [0.25, 0.3) is 0 Å². The number of amides is 2. The number of thiophene rings is 1. The van der Waals surface area contributed by atoms with E-state index < -0.39 is 0 Å². The fourth-order valence-corrected chi connectivity index (χ4v) is 6.33. The zero-order chi connectivity index (χ0) is 23.1. The molecule has 3 aliphatic rings. The highest BCUT2D eigenvalue weighted by Crippen LogP contribution is 2.50. The number of hydrogen-bond donors (Lipinski definition) is 1. The molecule has 7 heteroatoms. The van der Waals surface area contributed by atoms with Crippen molar-refractivity contribution in [2.24, 2.45) is 17.8 Å². The van der Waals surface area contributed by atoms with Crippen LogP contribution >= 0.6 is 11.3 Å². The second-order valence-corrected chi connectivity index (χ2v) is 10.4. The largest absolute Gasteiger partial charge is 0.459 e. The standard InChI is InChI=1S/C26H29NO5S/c1-15(10-17-6-7-18(13-28)32-17)5-8-22-23-16(2)11-20-24(21(23)14-31-22)26(30)27(25(20)29)12-19-4-3-9-33-19/h3-4,6-7,9-10,20-22,24,28H,5,8,11-14H2,1-2H3/b15-10+/t20-,21+,22-,24-/m1/s1. The summed E-state index contributed by atoms with van der Waals surface area (Å²) in [5.74, 6) is 0.676. The van der Waals surface area contributed by atoms with Crippen molar-refractivity contribution in [1.29, 1.82) is 0 Å². The van der Waals surface area contributed by atoms with Crippen LogP contribution in [0.3, 0.4) is 0 Å². The number of ether oxygens (including phenoxy) is 1. The Kier molecular flexibility index (Phi) is 6.12. The van der Waals surface area contributed by atoms with Crippen LogP contribution in [0.25, 0.3) is 6.08 Å². The summed E-state index contributed by atoms with van der Waals surface area (Å²) in [4.78, 5) is 28.9. The van der Waals surface area contributed by atoms with Crippen molar-refractivity contribution in [2.45, 2.75) is 52.4 Å². The molecule has 6 nitrogen and oxygen atoms in total. The second kappa shape index (κ2) is 9.05. The van der Waals surface area contributed by atoms with E-state index in [1.165, 1.54) is 21.6 Å². The summed E-state index contributed by atoms with van der Waals surface area (Å²) in [5.41, 5.74) is 3.62. The smallest absolute Gasteiger partial charge is 0.234 e. The summed E-state index contributed by atoms with van der Waals surface area (Å²) in [6, 6.07) is 7.55. The average Bonchev–Trinajstić information content (AvgIpc) is 3.58. The molecule has 4 atom stereocenters. The van der Waals surface area contributed by atoms with Gasteiger partial charge >= 0.3 is 0 Å². The Hall–Kier alpha value is -2.48. The Morgan fingerprint density at radius 3 is 2.82 bits per heavy atom. The maximum Gasteiger partial charge on any atom is 0.234 e. The van der Waals surface area contributed by atoms with E-state index in [4.69, 9.17) is 14.3 Å². The quantitative estimate of drug-likeness (QED) is 0.477. The molecule has 1 aliphatic carbocycles. The minimum absolute atomic E-state index is 0.00000702. The molecule has 2 saturated heterocycles. The lowest BCUT2D eigenvalue weighted by atomic mass is 9.70. The number of hydrogen-bond acceptors (Lipinski definition) is 6. The molecule has 2 aliphatic heterocycles. The summed E-state index contributed by atoms with van der Waals surface area (Å²) in [6.45, 7) is 4.94. The van der Waals surface area contributed by atoms with Gasteiger partial charge in [-0.05, 0) is 68.3 Å². The van der Waals surface area contributed by atoms with Crippen LogP contribution in [0.5, 0.6) is 0 Å². The van der Waals surface area contributed by atoms with Gasteiger partial charge < -0.3 is 14.3 Å². The van der Waals surface area contributed by atoms with Crippen LogP contribution in [0.15, 0.2) is 50.8 Å². The highest BCUT2D eigenvalue weighted by atomic mass is 32.1. The van der Waals surface area contributed by atoms with Crippen LogP contribution in [0, 0.1) is 17.8 Å². The van der Waals surface area contributed by atoms with Crippen LogP contribution in [0.1, 0.15) is 49.5 Å². The molecule has 4 heterocycles. The van der Waals surface area contributed by atoms with Gasteiger partial charge in [0.15, 0.2) is 0 Å². The highest BCUT2D eigenvalue weighted by Gasteiger charge is 2.56. The van der Waals surface area contributed by atoms with E-state index >= 15 is 0 Å². The Balaban J connectivity index is 1.28. The number of carbonyl (C=O) groups is 2. The van der Waals surface area contributed by atoms with E-state index in [-0.39, 0.29) is 42.3 Å². The molecule has 5 rings (SSSR count). The molecule has 1 N–H and O–H groups in total. The third-order valence-corrected chi connectivity index (χ3v) is 8.03. The van der Waals surface area contributed by atoms with Crippen LogP contribution in [-0.4, -0.2) is 34.5 Å². The number of carbonyl (C=O) groups excluding carboxylic acids is 2. The van der Waals surface area contributed by atoms with Crippen molar-refractivity contribution < 1.29 is 23.8 Å². The molecule has 0 radical (unpaired) electrons. The fraction of sp³-hybridized carbons (Fsp3) is 0.462. The second-order valence-electron chi connectivity index (χ2n) is 9.33. The molecule has 2 aromatic rings. The number of aliphatic hydroxyl groups is 1. The number of imide groups is 1. The lowest BCUT2D eigenvalue weighted by Gasteiger charge is -2.30. The van der Waals surface area contributed by atoms with Gasteiger partial charge in [0.2, 0.25) is 11.8 Å². The summed E-state index contributed by atoms with van der Waals surface area (Å²) in [5, 5.41) is 11.1. The molecule has 2 amide bonds. The molecule has 2 aromatic heterocycles. The number of aliphatic hydroxyl groups excluding tert-OH is 1. The highest BCUT2D eigenvalue weighted by molar-refractivity contribution is 7.09. The number of allylic oxidation sites excluding steroid dienone is 2. The van der Waals surface area contributed by atoms with Gasteiger partial charge in [0.05, 0.1) is 31.1 Å². The number of furan rings is 1. The van der Waals surface area contributed by atoms with E-state index in [0.29, 0.717) is 25.3 Å².